The average Bonchev–Trinajstić information content (AvgIpc) is 2.02. The first-order chi connectivity index (χ1) is 6.02. The van der Waals surface area contributed by atoms with E-state index in [9.17, 15) is 8.78 Å². The Morgan fingerprint density at radius 1 is 1.15 bits per heavy atom. The van der Waals surface area contributed by atoms with Gasteiger partial charge in [0.05, 0.1) is 0 Å². The average molecular weight is 190 g/mol. The van der Waals surface area contributed by atoms with Gasteiger partial charge in [-0.2, -0.15) is 0 Å². The summed E-state index contributed by atoms with van der Waals surface area (Å²) in [6.45, 7) is 1.85. The fourth-order valence-electron chi connectivity index (χ4n) is 2.60. The normalized spacial score (nSPS) is 32.5. The van der Waals surface area contributed by atoms with Gasteiger partial charge >= 0.3 is 0 Å². The Kier molecular flexibility index (Phi) is 2.07. The number of piperidine rings is 1. The van der Waals surface area contributed by atoms with Crippen LogP contribution in [0, 0.1) is 5.92 Å². The zero-order valence-electron chi connectivity index (χ0n) is 7.65. The zero-order chi connectivity index (χ0) is 9.53. The minimum Gasteiger partial charge on any atom is -0.324 e. The Morgan fingerprint density at radius 2 is 1.69 bits per heavy atom. The second-order valence-corrected chi connectivity index (χ2v) is 4.47. The molecule has 0 bridgehead atoms. The molecule has 1 heterocycles. The summed E-state index contributed by atoms with van der Waals surface area (Å²) in [7, 11) is 0. The second-order valence-electron chi connectivity index (χ2n) is 4.47. The first-order valence-corrected chi connectivity index (χ1v) is 4.89. The van der Waals surface area contributed by atoms with E-state index in [0.29, 0.717) is 5.92 Å². The van der Waals surface area contributed by atoms with Gasteiger partial charge < -0.3 is 11.1 Å². The van der Waals surface area contributed by atoms with Crippen molar-refractivity contribution < 1.29 is 8.78 Å². The van der Waals surface area contributed by atoms with Crippen LogP contribution >= 0.6 is 0 Å². The molecule has 2 aliphatic rings. The lowest BCUT2D eigenvalue weighted by Crippen LogP contribution is -2.63. The van der Waals surface area contributed by atoms with Crippen molar-refractivity contribution in [3.63, 3.8) is 0 Å². The van der Waals surface area contributed by atoms with Crippen molar-refractivity contribution in [2.45, 2.75) is 37.1 Å². The quantitative estimate of drug-likeness (QED) is 0.650. The smallest absolute Gasteiger partial charge is 0.251 e. The van der Waals surface area contributed by atoms with E-state index in [1.807, 2.05) is 0 Å². The van der Waals surface area contributed by atoms with Crippen molar-refractivity contribution in [3.8, 4) is 0 Å². The number of hydrogen-bond acceptors (Lipinski definition) is 2. The standard InChI is InChI=1S/C9H16F2N2/c10-9(11)5-8(12,6-9)7-1-3-13-4-2-7/h7,13H,1-6,12H2. The van der Waals surface area contributed by atoms with Crippen molar-refractivity contribution in [1.82, 2.24) is 5.32 Å². The number of alkyl halides is 2. The molecule has 0 aromatic rings. The third kappa shape index (κ3) is 1.70. The van der Waals surface area contributed by atoms with E-state index in [1.165, 1.54) is 0 Å². The zero-order valence-corrected chi connectivity index (χ0v) is 7.65. The first-order valence-electron chi connectivity index (χ1n) is 4.89. The summed E-state index contributed by atoms with van der Waals surface area (Å²) in [4.78, 5) is 0. The lowest BCUT2D eigenvalue weighted by Gasteiger charge is -2.50. The van der Waals surface area contributed by atoms with Gasteiger partial charge in [-0.25, -0.2) is 8.78 Å². The van der Waals surface area contributed by atoms with Gasteiger partial charge in [-0.15, -0.1) is 0 Å². The molecule has 2 rings (SSSR count). The molecular formula is C9H16F2N2. The molecule has 1 aliphatic heterocycles. The van der Waals surface area contributed by atoms with Gasteiger partial charge in [-0.1, -0.05) is 0 Å². The molecule has 0 aromatic carbocycles. The molecule has 0 radical (unpaired) electrons. The molecule has 1 saturated heterocycles. The van der Waals surface area contributed by atoms with Gasteiger partial charge in [0.25, 0.3) is 5.92 Å². The van der Waals surface area contributed by atoms with E-state index >= 15 is 0 Å². The monoisotopic (exact) mass is 190 g/mol. The number of nitrogens with two attached hydrogens (primary N) is 1. The van der Waals surface area contributed by atoms with Crippen LogP contribution in [0.4, 0.5) is 8.78 Å². The van der Waals surface area contributed by atoms with Crippen LogP contribution in [-0.2, 0) is 0 Å². The largest absolute Gasteiger partial charge is 0.324 e. The second kappa shape index (κ2) is 2.89. The highest BCUT2D eigenvalue weighted by Crippen LogP contribution is 2.49. The van der Waals surface area contributed by atoms with Crippen LogP contribution in [0.1, 0.15) is 25.7 Å². The Hall–Kier alpha value is -0.220. The number of hydrogen-bond donors (Lipinski definition) is 2. The van der Waals surface area contributed by atoms with E-state index in [4.69, 9.17) is 5.73 Å². The van der Waals surface area contributed by atoms with Crippen LogP contribution < -0.4 is 11.1 Å². The van der Waals surface area contributed by atoms with Crippen molar-refractivity contribution >= 4 is 0 Å². The van der Waals surface area contributed by atoms with E-state index in [0.717, 1.165) is 25.9 Å². The van der Waals surface area contributed by atoms with Crippen molar-refractivity contribution in [2.24, 2.45) is 11.7 Å². The van der Waals surface area contributed by atoms with Crippen molar-refractivity contribution in [2.75, 3.05) is 13.1 Å². The van der Waals surface area contributed by atoms with Gasteiger partial charge in [0.2, 0.25) is 0 Å². The summed E-state index contributed by atoms with van der Waals surface area (Å²) in [5, 5.41) is 3.21. The molecule has 4 heteroatoms. The van der Waals surface area contributed by atoms with E-state index < -0.39 is 11.5 Å². The lowest BCUT2D eigenvalue weighted by molar-refractivity contribution is -0.142. The molecule has 0 spiro atoms. The number of rotatable bonds is 1. The molecule has 2 nitrogen and oxygen atoms in total. The van der Waals surface area contributed by atoms with Crippen LogP contribution in [0.3, 0.4) is 0 Å². The molecule has 0 amide bonds. The number of nitrogens with one attached hydrogen (secondary N) is 1. The topological polar surface area (TPSA) is 38.0 Å². The van der Waals surface area contributed by atoms with Gasteiger partial charge in [0.15, 0.2) is 0 Å². The van der Waals surface area contributed by atoms with Crippen molar-refractivity contribution in [3.05, 3.63) is 0 Å². The highest BCUT2D eigenvalue weighted by molar-refractivity contribution is 5.07. The highest BCUT2D eigenvalue weighted by atomic mass is 19.3. The third-order valence-corrected chi connectivity index (χ3v) is 3.33. The van der Waals surface area contributed by atoms with Crippen molar-refractivity contribution in [1.29, 1.82) is 0 Å². The van der Waals surface area contributed by atoms with Crippen LogP contribution in [0.2, 0.25) is 0 Å². The summed E-state index contributed by atoms with van der Waals surface area (Å²) in [5.41, 5.74) is 5.38. The molecule has 76 valence electrons. The fraction of sp³-hybridized carbons (Fsp3) is 1.00. The summed E-state index contributed by atoms with van der Waals surface area (Å²) in [5.74, 6) is -2.19. The Labute approximate surface area is 76.9 Å². The third-order valence-electron chi connectivity index (χ3n) is 3.33. The van der Waals surface area contributed by atoms with E-state index in [-0.39, 0.29) is 12.8 Å². The molecule has 2 fully saturated rings. The lowest BCUT2D eigenvalue weighted by atomic mass is 9.64. The Morgan fingerprint density at radius 3 is 2.15 bits per heavy atom. The molecule has 1 saturated carbocycles. The molecule has 0 unspecified atom stereocenters. The molecule has 1 aliphatic carbocycles. The molecule has 3 N–H and O–H groups in total. The van der Waals surface area contributed by atoms with Gasteiger partial charge in [0, 0.05) is 18.4 Å². The summed E-state index contributed by atoms with van der Waals surface area (Å²) >= 11 is 0. The first kappa shape index (κ1) is 9.34. The number of halogens is 2. The van der Waals surface area contributed by atoms with Gasteiger partial charge in [-0.05, 0) is 31.8 Å². The van der Waals surface area contributed by atoms with Gasteiger partial charge in [0.1, 0.15) is 0 Å². The van der Waals surface area contributed by atoms with Crippen LogP contribution in [-0.4, -0.2) is 24.6 Å². The van der Waals surface area contributed by atoms with Crippen LogP contribution in [0.15, 0.2) is 0 Å². The Bertz CT molecular complexity index is 192. The Balaban J connectivity index is 1.93. The minimum absolute atomic E-state index is 0.106. The summed E-state index contributed by atoms with van der Waals surface area (Å²) in [6.07, 6.45) is 1.69. The molecular weight excluding hydrogens is 174 g/mol. The molecule has 0 aromatic heterocycles. The minimum atomic E-state index is -2.49. The maximum atomic E-state index is 12.7. The predicted octanol–water partition coefficient (Wildman–Crippen LogP) is 1.11. The fourth-order valence-corrected chi connectivity index (χ4v) is 2.60. The van der Waals surface area contributed by atoms with Crippen LogP contribution in [0.25, 0.3) is 0 Å². The molecule has 13 heavy (non-hydrogen) atoms. The van der Waals surface area contributed by atoms with Crippen LogP contribution in [0.5, 0.6) is 0 Å². The summed E-state index contributed by atoms with van der Waals surface area (Å²) in [6, 6.07) is 0. The molecule has 0 atom stereocenters. The van der Waals surface area contributed by atoms with E-state index in [2.05, 4.69) is 5.32 Å². The predicted molar refractivity (Wildman–Crippen MR) is 46.7 cm³/mol. The SMILES string of the molecule is NC1(C2CCNCC2)CC(F)(F)C1. The van der Waals surface area contributed by atoms with Gasteiger partial charge in [-0.3, -0.25) is 0 Å². The summed E-state index contributed by atoms with van der Waals surface area (Å²) < 4.78 is 25.4. The highest BCUT2D eigenvalue weighted by Gasteiger charge is 2.57. The van der Waals surface area contributed by atoms with E-state index in [1.54, 1.807) is 0 Å². The maximum Gasteiger partial charge on any atom is 0.251 e. The maximum absolute atomic E-state index is 12.7.